The Morgan fingerprint density at radius 3 is 2.90 bits per heavy atom. The van der Waals surface area contributed by atoms with Crippen molar-refractivity contribution < 1.29 is 0 Å². The molecule has 1 atom stereocenters. The lowest BCUT2D eigenvalue weighted by Gasteiger charge is -2.25. The second kappa shape index (κ2) is 6.69. The molecule has 0 saturated heterocycles. The maximum Gasteiger partial charge on any atom is 0.110 e. The zero-order valence-electron chi connectivity index (χ0n) is 12.6. The molecule has 3 nitrogen and oxygen atoms in total. The van der Waals surface area contributed by atoms with E-state index in [-0.39, 0.29) is 6.04 Å². The highest BCUT2D eigenvalue weighted by Gasteiger charge is 2.22. The van der Waals surface area contributed by atoms with Gasteiger partial charge >= 0.3 is 0 Å². The molecule has 2 heterocycles. The number of aromatic nitrogens is 1. The highest BCUT2D eigenvalue weighted by atomic mass is 32.1. The van der Waals surface area contributed by atoms with Crippen molar-refractivity contribution in [3.8, 4) is 0 Å². The van der Waals surface area contributed by atoms with Crippen LogP contribution in [0.25, 0.3) is 0 Å². The summed E-state index contributed by atoms with van der Waals surface area (Å²) in [6.07, 6.45) is 3.20. The van der Waals surface area contributed by atoms with E-state index in [4.69, 9.17) is 10.7 Å². The maximum atomic E-state index is 6.21. The molecule has 1 aromatic carbocycles. The Bertz CT molecular complexity index is 579. The molecule has 0 amide bonds. The molecule has 1 aliphatic rings. The SMILES string of the molecule is CCCC(N)c1nc2c(s1)CN(Cc1ccccc1)CC2. The van der Waals surface area contributed by atoms with Crippen LogP contribution in [0.3, 0.4) is 0 Å². The van der Waals surface area contributed by atoms with Gasteiger partial charge in [0.15, 0.2) is 0 Å². The van der Waals surface area contributed by atoms with Crippen molar-refractivity contribution in [2.75, 3.05) is 6.54 Å². The molecule has 0 aliphatic carbocycles. The van der Waals surface area contributed by atoms with E-state index in [0.717, 1.165) is 43.9 Å². The Kier molecular flexibility index (Phi) is 4.68. The summed E-state index contributed by atoms with van der Waals surface area (Å²) in [7, 11) is 0. The van der Waals surface area contributed by atoms with Gasteiger partial charge in [-0.15, -0.1) is 11.3 Å². The fraction of sp³-hybridized carbons (Fsp3) is 0.471. The third-order valence-corrected chi connectivity index (χ3v) is 5.21. The molecule has 2 aromatic rings. The van der Waals surface area contributed by atoms with Gasteiger partial charge in [-0.2, -0.15) is 0 Å². The van der Waals surface area contributed by atoms with Crippen LogP contribution < -0.4 is 5.73 Å². The first-order chi connectivity index (χ1) is 10.3. The topological polar surface area (TPSA) is 42.1 Å². The Hall–Kier alpha value is -1.23. The van der Waals surface area contributed by atoms with E-state index >= 15 is 0 Å². The number of thiazole rings is 1. The van der Waals surface area contributed by atoms with Crippen molar-refractivity contribution in [1.29, 1.82) is 0 Å². The molecule has 0 bridgehead atoms. The quantitative estimate of drug-likeness (QED) is 0.919. The Morgan fingerprint density at radius 1 is 1.33 bits per heavy atom. The zero-order chi connectivity index (χ0) is 14.7. The maximum absolute atomic E-state index is 6.21. The van der Waals surface area contributed by atoms with Crippen LogP contribution in [0.1, 0.15) is 46.9 Å². The minimum atomic E-state index is 0.119. The highest BCUT2D eigenvalue weighted by Crippen LogP contribution is 2.29. The van der Waals surface area contributed by atoms with Gasteiger partial charge in [0.05, 0.1) is 11.7 Å². The van der Waals surface area contributed by atoms with Gasteiger partial charge in [0.25, 0.3) is 0 Å². The van der Waals surface area contributed by atoms with Crippen molar-refractivity contribution in [1.82, 2.24) is 9.88 Å². The molecular weight excluding hydrogens is 278 g/mol. The third-order valence-electron chi connectivity index (χ3n) is 3.99. The van der Waals surface area contributed by atoms with Crippen molar-refractivity contribution >= 4 is 11.3 Å². The molecule has 0 saturated carbocycles. The van der Waals surface area contributed by atoms with Crippen molar-refractivity contribution in [2.45, 2.75) is 45.3 Å². The average Bonchev–Trinajstić information content (AvgIpc) is 2.92. The Balaban J connectivity index is 1.68. The number of hydrogen-bond acceptors (Lipinski definition) is 4. The lowest BCUT2D eigenvalue weighted by atomic mass is 10.1. The summed E-state index contributed by atoms with van der Waals surface area (Å²) in [4.78, 5) is 8.70. The lowest BCUT2D eigenvalue weighted by Crippen LogP contribution is -2.29. The van der Waals surface area contributed by atoms with Crippen LogP contribution in [0.4, 0.5) is 0 Å². The fourth-order valence-corrected chi connectivity index (χ4v) is 4.03. The average molecular weight is 301 g/mol. The summed E-state index contributed by atoms with van der Waals surface area (Å²) in [6, 6.07) is 10.8. The van der Waals surface area contributed by atoms with Gasteiger partial charge in [0.1, 0.15) is 5.01 Å². The van der Waals surface area contributed by atoms with Crippen molar-refractivity contribution in [3.05, 3.63) is 51.5 Å². The molecule has 1 aromatic heterocycles. The molecule has 0 spiro atoms. The third kappa shape index (κ3) is 3.51. The summed E-state index contributed by atoms with van der Waals surface area (Å²) in [5, 5.41) is 1.13. The Morgan fingerprint density at radius 2 is 2.14 bits per heavy atom. The predicted octanol–water partition coefficient (Wildman–Crippen LogP) is 3.50. The first kappa shape index (κ1) is 14.7. The second-order valence-electron chi connectivity index (χ2n) is 5.76. The summed E-state index contributed by atoms with van der Waals surface area (Å²) < 4.78 is 0. The number of nitrogens with zero attached hydrogens (tertiary/aromatic N) is 2. The van der Waals surface area contributed by atoms with Gasteiger partial charge < -0.3 is 5.73 Å². The Labute approximate surface area is 130 Å². The predicted molar refractivity (Wildman–Crippen MR) is 88.2 cm³/mol. The summed E-state index contributed by atoms with van der Waals surface area (Å²) in [6.45, 7) is 5.30. The van der Waals surface area contributed by atoms with E-state index < -0.39 is 0 Å². The van der Waals surface area contributed by atoms with Crippen LogP contribution in [-0.2, 0) is 19.5 Å². The molecule has 112 valence electrons. The zero-order valence-corrected chi connectivity index (χ0v) is 13.4. The van der Waals surface area contributed by atoms with Crippen LogP contribution in [0.5, 0.6) is 0 Å². The summed E-state index contributed by atoms with van der Waals surface area (Å²) in [5.74, 6) is 0. The van der Waals surface area contributed by atoms with E-state index in [1.807, 2.05) is 11.3 Å². The number of benzene rings is 1. The first-order valence-electron chi connectivity index (χ1n) is 7.76. The second-order valence-corrected chi connectivity index (χ2v) is 6.88. The minimum Gasteiger partial charge on any atom is -0.322 e. The van der Waals surface area contributed by atoms with Gasteiger partial charge in [0, 0.05) is 30.9 Å². The molecule has 4 heteroatoms. The number of hydrogen-bond donors (Lipinski definition) is 1. The molecule has 0 fully saturated rings. The van der Waals surface area contributed by atoms with Crippen LogP contribution in [0, 0.1) is 0 Å². The van der Waals surface area contributed by atoms with Gasteiger partial charge in [-0.25, -0.2) is 4.98 Å². The number of nitrogens with two attached hydrogens (primary N) is 1. The molecule has 1 aliphatic heterocycles. The molecular formula is C17H23N3S. The largest absolute Gasteiger partial charge is 0.322 e. The molecule has 3 rings (SSSR count). The van der Waals surface area contributed by atoms with Crippen molar-refractivity contribution in [2.24, 2.45) is 5.73 Å². The van der Waals surface area contributed by atoms with E-state index in [1.54, 1.807) is 0 Å². The van der Waals surface area contributed by atoms with Crippen LogP contribution in [0.15, 0.2) is 30.3 Å². The first-order valence-corrected chi connectivity index (χ1v) is 8.58. The summed E-state index contributed by atoms with van der Waals surface area (Å²) in [5.41, 5.74) is 8.88. The van der Waals surface area contributed by atoms with E-state index in [2.05, 4.69) is 42.2 Å². The molecule has 21 heavy (non-hydrogen) atoms. The van der Waals surface area contributed by atoms with E-state index in [1.165, 1.54) is 16.1 Å². The van der Waals surface area contributed by atoms with Crippen LogP contribution >= 0.6 is 11.3 Å². The van der Waals surface area contributed by atoms with Crippen molar-refractivity contribution in [3.63, 3.8) is 0 Å². The standard InChI is InChI=1S/C17H23N3S/c1-2-6-14(18)17-19-15-9-10-20(12-16(15)21-17)11-13-7-4-3-5-8-13/h3-5,7-8,14H,2,6,9-12,18H2,1H3. The van der Waals surface area contributed by atoms with Gasteiger partial charge in [-0.05, 0) is 12.0 Å². The normalized spacial score (nSPS) is 16.7. The monoisotopic (exact) mass is 301 g/mol. The highest BCUT2D eigenvalue weighted by molar-refractivity contribution is 7.11. The molecule has 2 N–H and O–H groups in total. The lowest BCUT2D eigenvalue weighted by molar-refractivity contribution is 0.247. The van der Waals surface area contributed by atoms with Gasteiger partial charge in [0.2, 0.25) is 0 Å². The van der Waals surface area contributed by atoms with Gasteiger partial charge in [-0.3, -0.25) is 4.90 Å². The fourth-order valence-electron chi connectivity index (χ4n) is 2.84. The van der Waals surface area contributed by atoms with E-state index in [9.17, 15) is 0 Å². The molecule has 0 radical (unpaired) electrons. The number of fused-ring (bicyclic) bond motifs is 1. The van der Waals surface area contributed by atoms with E-state index in [0.29, 0.717) is 0 Å². The smallest absolute Gasteiger partial charge is 0.110 e. The molecule has 1 unspecified atom stereocenters. The van der Waals surface area contributed by atoms with Crippen LogP contribution in [-0.4, -0.2) is 16.4 Å². The summed E-state index contributed by atoms with van der Waals surface area (Å²) >= 11 is 1.82. The van der Waals surface area contributed by atoms with Crippen LogP contribution in [0.2, 0.25) is 0 Å². The van der Waals surface area contributed by atoms with Gasteiger partial charge in [-0.1, -0.05) is 43.7 Å². The number of rotatable bonds is 5. The minimum absolute atomic E-state index is 0.119.